The first-order chi connectivity index (χ1) is 6.36. The van der Waals surface area contributed by atoms with Crippen LogP contribution in [-0.4, -0.2) is 15.5 Å². The second kappa shape index (κ2) is 3.94. The van der Waals surface area contributed by atoms with E-state index in [4.69, 9.17) is 33.1 Å². The van der Waals surface area contributed by atoms with Crippen molar-refractivity contribution in [1.29, 1.82) is 0 Å². The number of benzene rings is 1. The van der Waals surface area contributed by atoms with Crippen LogP contribution in [0.15, 0.2) is 17.0 Å². The minimum atomic E-state index is -3.80. The van der Waals surface area contributed by atoms with Gasteiger partial charge in [0.2, 0.25) is 10.0 Å². The Morgan fingerprint density at radius 3 is 2.00 bits per heavy atom. The van der Waals surface area contributed by atoms with E-state index in [0.717, 1.165) is 0 Å². The molecule has 7 heteroatoms. The third-order valence-electron chi connectivity index (χ3n) is 1.50. The van der Waals surface area contributed by atoms with Crippen molar-refractivity contribution in [1.82, 2.24) is 0 Å². The van der Waals surface area contributed by atoms with Gasteiger partial charge in [0.15, 0.2) is 5.75 Å². The van der Waals surface area contributed by atoms with Crippen LogP contribution in [0.5, 0.6) is 5.75 Å². The molecule has 1 rings (SSSR count). The SMILES string of the molecule is COc1c(Cl)cc(S(N)(=O)=O)cc1Cl. The van der Waals surface area contributed by atoms with Gasteiger partial charge in [-0.3, -0.25) is 0 Å². The summed E-state index contributed by atoms with van der Waals surface area (Å²) in [6.07, 6.45) is 0. The first kappa shape index (κ1) is 11.6. The number of rotatable bonds is 2. The summed E-state index contributed by atoms with van der Waals surface area (Å²) < 4.78 is 26.8. The monoisotopic (exact) mass is 255 g/mol. The van der Waals surface area contributed by atoms with Crippen molar-refractivity contribution in [2.24, 2.45) is 5.14 Å². The normalized spacial score (nSPS) is 11.4. The van der Waals surface area contributed by atoms with Crippen molar-refractivity contribution in [3.05, 3.63) is 22.2 Å². The Kier molecular flexibility index (Phi) is 3.26. The lowest BCUT2D eigenvalue weighted by atomic mass is 10.3. The molecule has 4 nitrogen and oxygen atoms in total. The molecule has 0 radical (unpaired) electrons. The molecule has 0 fully saturated rings. The molecule has 1 aromatic carbocycles. The number of methoxy groups -OCH3 is 1. The van der Waals surface area contributed by atoms with Crippen LogP contribution in [0, 0.1) is 0 Å². The van der Waals surface area contributed by atoms with Gasteiger partial charge < -0.3 is 4.74 Å². The van der Waals surface area contributed by atoms with Crippen molar-refractivity contribution in [3.8, 4) is 5.75 Å². The highest BCUT2D eigenvalue weighted by Gasteiger charge is 2.14. The molecular formula is C7H7Cl2NO3S. The van der Waals surface area contributed by atoms with E-state index in [-0.39, 0.29) is 20.7 Å². The Bertz CT molecular complexity index is 435. The Morgan fingerprint density at radius 2 is 1.71 bits per heavy atom. The van der Waals surface area contributed by atoms with Crippen molar-refractivity contribution >= 4 is 33.2 Å². The van der Waals surface area contributed by atoms with Crippen LogP contribution in [0.4, 0.5) is 0 Å². The molecule has 0 spiro atoms. The van der Waals surface area contributed by atoms with Crippen molar-refractivity contribution < 1.29 is 13.2 Å². The van der Waals surface area contributed by atoms with E-state index in [2.05, 4.69) is 0 Å². The fraction of sp³-hybridized carbons (Fsp3) is 0.143. The van der Waals surface area contributed by atoms with Crippen LogP contribution in [0.3, 0.4) is 0 Å². The molecule has 0 unspecified atom stereocenters. The van der Waals surface area contributed by atoms with Gasteiger partial charge >= 0.3 is 0 Å². The van der Waals surface area contributed by atoms with Gasteiger partial charge in [-0.15, -0.1) is 0 Å². The van der Waals surface area contributed by atoms with Crippen LogP contribution in [0.25, 0.3) is 0 Å². The van der Waals surface area contributed by atoms with E-state index in [1.165, 1.54) is 19.2 Å². The van der Waals surface area contributed by atoms with Gasteiger partial charge in [0.05, 0.1) is 22.1 Å². The molecule has 0 aliphatic heterocycles. The van der Waals surface area contributed by atoms with E-state index < -0.39 is 10.0 Å². The maximum atomic E-state index is 11.0. The molecule has 2 N–H and O–H groups in total. The van der Waals surface area contributed by atoms with Crippen molar-refractivity contribution in [3.63, 3.8) is 0 Å². The zero-order valence-electron chi connectivity index (χ0n) is 7.12. The number of ether oxygens (including phenoxy) is 1. The molecular weight excluding hydrogens is 249 g/mol. The van der Waals surface area contributed by atoms with Gasteiger partial charge in [-0.05, 0) is 12.1 Å². The zero-order valence-corrected chi connectivity index (χ0v) is 9.45. The number of nitrogens with two attached hydrogens (primary N) is 1. The van der Waals surface area contributed by atoms with Gasteiger partial charge in [0.25, 0.3) is 0 Å². The Morgan fingerprint density at radius 1 is 1.29 bits per heavy atom. The average Bonchev–Trinajstić information content (AvgIpc) is 2.01. The number of halogens is 2. The smallest absolute Gasteiger partial charge is 0.238 e. The fourth-order valence-corrected chi connectivity index (χ4v) is 2.23. The predicted octanol–water partition coefficient (Wildman–Crippen LogP) is 1.65. The number of sulfonamides is 1. The lowest BCUT2D eigenvalue weighted by molar-refractivity contribution is 0.415. The van der Waals surface area contributed by atoms with Crippen molar-refractivity contribution in [2.45, 2.75) is 4.90 Å². The summed E-state index contributed by atoms with van der Waals surface area (Å²) in [7, 11) is -2.42. The zero-order chi connectivity index (χ0) is 10.9. The molecule has 0 aliphatic rings. The summed E-state index contributed by atoms with van der Waals surface area (Å²) in [5, 5.41) is 5.10. The molecule has 0 atom stereocenters. The summed E-state index contributed by atoms with van der Waals surface area (Å²) >= 11 is 11.4. The highest BCUT2D eigenvalue weighted by atomic mass is 35.5. The first-order valence-corrected chi connectivity index (χ1v) is 5.72. The standard InChI is InChI=1S/C7H7Cl2NO3S/c1-13-7-5(8)2-4(3-6(7)9)14(10,11)12/h2-3H,1H3,(H2,10,11,12). The topological polar surface area (TPSA) is 69.4 Å². The van der Waals surface area contributed by atoms with Gasteiger partial charge in [-0.1, -0.05) is 23.2 Å². The lowest BCUT2D eigenvalue weighted by Crippen LogP contribution is -2.12. The van der Waals surface area contributed by atoms with Gasteiger partial charge in [0, 0.05) is 0 Å². The van der Waals surface area contributed by atoms with Crippen LogP contribution in [0.2, 0.25) is 10.0 Å². The van der Waals surface area contributed by atoms with Crippen LogP contribution < -0.4 is 9.88 Å². The third-order valence-corrected chi connectivity index (χ3v) is 2.96. The molecule has 0 aromatic heterocycles. The Hall–Kier alpha value is -0.490. The van der Waals surface area contributed by atoms with E-state index in [0.29, 0.717) is 0 Å². The summed E-state index contributed by atoms with van der Waals surface area (Å²) in [5.41, 5.74) is 0. The lowest BCUT2D eigenvalue weighted by Gasteiger charge is -2.07. The minimum Gasteiger partial charge on any atom is -0.494 e. The molecule has 1 aromatic rings. The summed E-state index contributed by atoms with van der Waals surface area (Å²) in [4.78, 5) is -0.145. The molecule has 0 heterocycles. The number of hydrogen-bond acceptors (Lipinski definition) is 3. The van der Waals surface area contributed by atoms with Crippen molar-refractivity contribution in [2.75, 3.05) is 7.11 Å². The number of primary sulfonamides is 1. The average molecular weight is 256 g/mol. The molecule has 0 bridgehead atoms. The molecule has 0 aliphatic carbocycles. The number of hydrogen-bond donors (Lipinski definition) is 1. The minimum absolute atomic E-state index is 0.101. The van der Waals surface area contributed by atoms with Crippen LogP contribution >= 0.6 is 23.2 Å². The molecule has 0 saturated carbocycles. The summed E-state index contributed by atoms with van der Waals surface area (Å²) in [6.45, 7) is 0. The van der Waals surface area contributed by atoms with Crippen LogP contribution in [-0.2, 0) is 10.0 Å². The van der Waals surface area contributed by atoms with E-state index in [1.807, 2.05) is 0 Å². The maximum absolute atomic E-state index is 11.0. The first-order valence-electron chi connectivity index (χ1n) is 3.42. The largest absolute Gasteiger partial charge is 0.494 e. The van der Waals surface area contributed by atoms with E-state index in [9.17, 15) is 8.42 Å². The van der Waals surface area contributed by atoms with E-state index >= 15 is 0 Å². The highest BCUT2D eigenvalue weighted by Crippen LogP contribution is 2.34. The molecule has 14 heavy (non-hydrogen) atoms. The molecule has 0 amide bonds. The predicted molar refractivity (Wildman–Crippen MR) is 54.4 cm³/mol. The quantitative estimate of drug-likeness (QED) is 0.874. The van der Waals surface area contributed by atoms with Gasteiger partial charge in [-0.25, -0.2) is 13.6 Å². The fourth-order valence-electron chi connectivity index (χ4n) is 0.896. The Labute approximate surface area is 91.6 Å². The maximum Gasteiger partial charge on any atom is 0.238 e. The highest BCUT2D eigenvalue weighted by molar-refractivity contribution is 7.89. The summed E-state index contributed by atoms with van der Waals surface area (Å²) in [6, 6.07) is 2.36. The van der Waals surface area contributed by atoms with Gasteiger partial charge in [-0.2, -0.15) is 0 Å². The summed E-state index contributed by atoms with van der Waals surface area (Å²) in [5.74, 6) is 0.223. The molecule has 78 valence electrons. The Balaban J connectivity index is 3.43. The van der Waals surface area contributed by atoms with Gasteiger partial charge in [0.1, 0.15) is 0 Å². The molecule has 0 saturated heterocycles. The van der Waals surface area contributed by atoms with E-state index in [1.54, 1.807) is 0 Å². The second-order valence-electron chi connectivity index (χ2n) is 2.47. The third kappa shape index (κ3) is 2.30. The van der Waals surface area contributed by atoms with Crippen LogP contribution in [0.1, 0.15) is 0 Å². The second-order valence-corrected chi connectivity index (χ2v) is 4.84.